The molecule has 2 saturated carbocycles. The van der Waals surface area contributed by atoms with Gasteiger partial charge in [-0.05, 0) is 31.9 Å². The minimum atomic E-state index is 0.425. The summed E-state index contributed by atoms with van der Waals surface area (Å²) in [7, 11) is 0. The Hall–Kier alpha value is -0.420. The molecule has 2 atom stereocenters. The van der Waals surface area contributed by atoms with Crippen LogP contribution in [0.4, 0.5) is 0 Å². The van der Waals surface area contributed by atoms with E-state index in [1.165, 1.54) is 51.4 Å². The van der Waals surface area contributed by atoms with E-state index >= 15 is 0 Å². The van der Waals surface area contributed by atoms with E-state index in [1.807, 2.05) is 11.8 Å². The van der Waals surface area contributed by atoms with Crippen LogP contribution in [-0.2, 0) is 0 Å². The largest absolute Gasteiger partial charge is 0.353 e. The lowest BCUT2D eigenvalue weighted by atomic mass is 9.95. The lowest BCUT2D eigenvalue weighted by Gasteiger charge is -2.28. The van der Waals surface area contributed by atoms with Crippen molar-refractivity contribution in [3.8, 4) is 0 Å². The number of rotatable bonds is 3. The molecule has 2 rings (SSSR count). The Morgan fingerprint density at radius 3 is 2.44 bits per heavy atom. The summed E-state index contributed by atoms with van der Waals surface area (Å²) in [5.41, 5.74) is 2.75. The van der Waals surface area contributed by atoms with Crippen molar-refractivity contribution in [2.75, 3.05) is 6.26 Å². The van der Waals surface area contributed by atoms with Crippen molar-refractivity contribution in [2.24, 2.45) is 10.8 Å². The fourth-order valence-electron chi connectivity index (χ4n) is 3.05. The zero-order chi connectivity index (χ0) is 12.8. The molecule has 2 fully saturated rings. The highest BCUT2D eigenvalue weighted by atomic mass is 32.2. The molecule has 4 nitrogen and oxygen atoms in total. The van der Waals surface area contributed by atoms with Gasteiger partial charge in [-0.25, -0.2) is 10.8 Å². The van der Waals surface area contributed by atoms with Gasteiger partial charge in [-0.1, -0.05) is 25.7 Å². The van der Waals surface area contributed by atoms with Crippen molar-refractivity contribution in [3.63, 3.8) is 0 Å². The molecule has 2 aliphatic carbocycles. The van der Waals surface area contributed by atoms with Gasteiger partial charge in [0, 0.05) is 11.3 Å². The number of nitrogens with two attached hydrogens (primary N) is 1. The third-order valence-electron chi connectivity index (χ3n) is 4.10. The number of nitrogens with zero attached hydrogens (tertiary/aromatic N) is 1. The summed E-state index contributed by atoms with van der Waals surface area (Å²) in [6, 6.07) is 0.991. The Bertz CT molecular complexity index is 276. The van der Waals surface area contributed by atoms with Gasteiger partial charge in [0.1, 0.15) is 0 Å². The van der Waals surface area contributed by atoms with Crippen LogP contribution in [-0.4, -0.2) is 29.5 Å². The van der Waals surface area contributed by atoms with E-state index < -0.39 is 0 Å². The maximum Gasteiger partial charge on any atom is 0.206 e. The molecular weight excluding hydrogens is 244 g/mol. The van der Waals surface area contributed by atoms with Crippen molar-refractivity contribution in [1.29, 1.82) is 0 Å². The molecule has 5 heteroatoms. The van der Waals surface area contributed by atoms with E-state index in [9.17, 15) is 0 Å². The highest BCUT2D eigenvalue weighted by Gasteiger charge is 2.25. The van der Waals surface area contributed by atoms with Crippen LogP contribution in [0, 0.1) is 0 Å². The van der Waals surface area contributed by atoms with Gasteiger partial charge in [-0.15, -0.1) is 0 Å². The third kappa shape index (κ3) is 3.79. The number of nitrogens with one attached hydrogen (secondary N) is 2. The molecule has 0 saturated heterocycles. The van der Waals surface area contributed by atoms with Gasteiger partial charge in [-0.3, -0.25) is 5.43 Å². The van der Waals surface area contributed by atoms with E-state index in [-0.39, 0.29) is 0 Å². The Kier molecular flexibility index (Phi) is 5.63. The summed E-state index contributed by atoms with van der Waals surface area (Å²) in [4.78, 5) is 4.82. The van der Waals surface area contributed by atoms with Crippen LogP contribution in [0.1, 0.15) is 51.4 Å². The summed E-state index contributed by atoms with van der Waals surface area (Å²) >= 11 is 1.95. The summed E-state index contributed by atoms with van der Waals surface area (Å²) in [6.45, 7) is 0. The van der Waals surface area contributed by atoms with Crippen molar-refractivity contribution < 1.29 is 0 Å². The van der Waals surface area contributed by atoms with Crippen LogP contribution < -0.4 is 16.6 Å². The zero-order valence-electron chi connectivity index (χ0n) is 11.3. The van der Waals surface area contributed by atoms with Crippen molar-refractivity contribution in [3.05, 3.63) is 0 Å². The maximum absolute atomic E-state index is 5.60. The van der Waals surface area contributed by atoms with Crippen LogP contribution >= 0.6 is 11.8 Å². The van der Waals surface area contributed by atoms with Crippen LogP contribution in [0.5, 0.6) is 0 Å². The SMILES string of the molecule is CSC1CCCCC1N=C(NN)NC1CCCC1. The van der Waals surface area contributed by atoms with Gasteiger partial charge in [0.15, 0.2) is 0 Å². The van der Waals surface area contributed by atoms with E-state index in [2.05, 4.69) is 17.0 Å². The second-order valence-corrected chi connectivity index (χ2v) is 6.45. The average molecular weight is 270 g/mol. The van der Waals surface area contributed by atoms with Gasteiger partial charge in [-0.2, -0.15) is 11.8 Å². The molecule has 0 spiro atoms. The molecule has 0 aromatic heterocycles. The Morgan fingerprint density at radius 2 is 1.78 bits per heavy atom. The summed E-state index contributed by atoms with van der Waals surface area (Å²) in [5, 5.41) is 4.12. The Labute approximate surface area is 115 Å². The van der Waals surface area contributed by atoms with Crippen molar-refractivity contribution in [2.45, 2.75) is 68.7 Å². The number of aliphatic imine (C=N–C) groups is 1. The second-order valence-electron chi connectivity index (χ2n) is 5.37. The standard InChI is InChI=1S/C13H26N4S/c1-18-12-9-5-4-8-11(12)16-13(17-14)15-10-6-2-3-7-10/h10-12H,2-9,14H2,1H3,(H2,15,16,17). The lowest BCUT2D eigenvalue weighted by Crippen LogP contribution is -2.47. The fraction of sp³-hybridized carbons (Fsp3) is 0.923. The first kappa shape index (κ1) is 14.0. The predicted octanol–water partition coefficient (Wildman–Crippen LogP) is 2.01. The molecule has 18 heavy (non-hydrogen) atoms. The van der Waals surface area contributed by atoms with Crippen molar-refractivity contribution in [1.82, 2.24) is 10.7 Å². The number of hydrazine groups is 1. The number of guanidine groups is 1. The van der Waals surface area contributed by atoms with Gasteiger partial charge in [0.2, 0.25) is 5.96 Å². The average Bonchev–Trinajstić information content (AvgIpc) is 2.91. The van der Waals surface area contributed by atoms with Crippen LogP contribution in [0.15, 0.2) is 4.99 Å². The molecule has 2 unspecified atom stereocenters. The van der Waals surface area contributed by atoms with E-state index in [0.717, 1.165) is 5.96 Å². The van der Waals surface area contributed by atoms with Crippen LogP contribution in [0.2, 0.25) is 0 Å². The highest BCUT2D eigenvalue weighted by molar-refractivity contribution is 7.99. The molecule has 4 N–H and O–H groups in total. The molecule has 0 radical (unpaired) electrons. The first-order valence-electron chi connectivity index (χ1n) is 7.17. The van der Waals surface area contributed by atoms with Crippen LogP contribution in [0.3, 0.4) is 0 Å². The number of hydrogen-bond donors (Lipinski definition) is 3. The number of hydrogen-bond acceptors (Lipinski definition) is 3. The topological polar surface area (TPSA) is 62.4 Å². The first-order chi connectivity index (χ1) is 8.83. The van der Waals surface area contributed by atoms with Crippen molar-refractivity contribution >= 4 is 17.7 Å². The van der Waals surface area contributed by atoms with E-state index in [4.69, 9.17) is 10.8 Å². The predicted molar refractivity (Wildman–Crippen MR) is 79.7 cm³/mol. The van der Waals surface area contributed by atoms with Gasteiger partial charge in [0.25, 0.3) is 0 Å². The lowest BCUT2D eigenvalue weighted by molar-refractivity contribution is 0.451. The normalized spacial score (nSPS) is 30.4. The molecule has 2 aliphatic rings. The first-order valence-corrected chi connectivity index (χ1v) is 8.46. The maximum atomic E-state index is 5.60. The smallest absolute Gasteiger partial charge is 0.206 e. The quantitative estimate of drug-likeness (QED) is 0.318. The minimum absolute atomic E-state index is 0.425. The van der Waals surface area contributed by atoms with E-state index in [1.54, 1.807) is 0 Å². The number of thioether (sulfide) groups is 1. The molecule has 0 heterocycles. The monoisotopic (exact) mass is 270 g/mol. The fourth-order valence-corrected chi connectivity index (χ4v) is 3.96. The van der Waals surface area contributed by atoms with Gasteiger partial charge in [0.05, 0.1) is 6.04 Å². The van der Waals surface area contributed by atoms with Crippen LogP contribution in [0.25, 0.3) is 0 Å². The molecule has 0 bridgehead atoms. The molecular formula is C13H26N4S. The molecule has 104 valence electrons. The molecule has 0 amide bonds. The summed E-state index contributed by atoms with van der Waals surface area (Å²) in [6.07, 6.45) is 12.5. The molecule has 0 aromatic carbocycles. The summed E-state index contributed by atoms with van der Waals surface area (Å²) < 4.78 is 0. The zero-order valence-corrected chi connectivity index (χ0v) is 12.1. The molecule has 0 aromatic rings. The second kappa shape index (κ2) is 7.24. The van der Waals surface area contributed by atoms with Gasteiger partial charge < -0.3 is 5.32 Å². The van der Waals surface area contributed by atoms with E-state index in [0.29, 0.717) is 17.3 Å². The Morgan fingerprint density at radius 1 is 1.11 bits per heavy atom. The summed E-state index contributed by atoms with van der Waals surface area (Å²) in [5.74, 6) is 6.40. The van der Waals surface area contributed by atoms with Gasteiger partial charge >= 0.3 is 0 Å². The third-order valence-corrected chi connectivity index (χ3v) is 5.25. The minimum Gasteiger partial charge on any atom is -0.353 e. The highest BCUT2D eigenvalue weighted by Crippen LogP contribution is 2.29. The Balaban J connectivity index is 1.93. The molecule has 0 aliphatic heterocycles.